The van der Waals surface area contributed by atoms with Crippen molar-refractivity contribution >= 4 is 11.9 Å². The van der Waals surface area contributed by atoms with Crippen LogP contribution in [0, 0.1) is 6.92 Å². The normalized spacial score (nSPS) is 10.0. The molecule has 2 rings (SSSR count). The van der Waals surface area contributed by atoms with Crippen molar-refractivity contribution in [1.29, 1.82) is 0 Å². The second-order valence-corrected chi connectivity index (χ2v) is 5.08. The maximum absolute atomic E-state index is 11.6. The molecular weight excluding hydrogens is 310 g/mol. The van der Waals surface area contributed by atoms with E-state index in [4.69, 9.17) is 9.15 Å². The van der Waals surface area contributed by atoms with E-state index in [9.17, 15) is 9.59 Å². The Hall–Kier alpha value is -2.96. The first kappa shape index (κ1) is 17.4. The molecule has 1 heterocycles. The molecule has 0 fully saturated rings. The molecule has 7 heteroatoms. The third-order valence-corrected chi connectivity index (χ3v) is 3.12. The lowest BCUT2D eigenvalue weighted by molar-refractivity contribution is 0.0926. The fraction of sp³-hybridized carbons (Fsp3) is 0.294. The zero-order valence-corrected chi connectivity index (χ0v) is 13.5. The molecule has 0 atom stereocenters. The van der Waals surface area contributed by atoms with Crippen molar-refractivity contribution in [2.24, 2.45) is 0 Å². The van der Waals surface area contributed by atoms with Gasteiger partial charge in [0.05, 0.1) is 12.8 Å². The molecule has 0 spiro atoms. The van der Waals surface area contributed by atoms with Crippen LogP contribution in [-0.2, 0) is 0 Å². The minimum atomic E-state index is -0.311. The van der Waals surface area contributed by atoms with Crippen LogP contribution in [0.4, 0.5) is 4.79 Å². The van der Waals surface area contributed by atoms with Gasteiger partial charge in [-0.25, -0.2) is 4.79 Å². The van der Waals surface area contributed by atoms with E-state index in [1.165, 1.54) is 11.8 Å². The van der Waals surface area contributed by atoms with E-state index in [2.05, 4.69) is 16.0 Å². The van der Waals surface area contributed by atoms with Crippen LogP contribution in [0.3, 0.4) is 0 Å². The molecule has 128 valence electrons. The monoisotopic (exact) mass is 331 g/mol. The minimum absolute atomic E-state index is 0.243. The standard InChI is InChI=1S/C17H21N3O4/c1-13-4-6-14(7-5-13)23-12-10-20-17(22)19-9-8-18-16(21)15-3-2-11-24-15/h2-7,11H,8-10,12H2,1H3,(H,18,21)(H2,19,20,22). The molecule has 2 aromatic rings. The zero-order valence-electron chi connectivity index (χ0n) is 13.5. The van der Waals surface area contributed by atoms with Gasteiger partial charge in [0.2, 0.25) is 0 Å². The van der Waals surface area contributed by atoms with Gasteiger partial charge in [0, 0.05) is 13.1 Å². The SMILES string of the molecule is Cc1ccc(OCCNC(=O)NCCNC(=O)c2ccco2)cc1. The number of rotatable bonds is 8. The van der Waals surface area contributed by atoms with Gasteiger partial charge in [-0.3, -0.25) is 4.79 Å². The average Bonchev–Trinajstić information content (AvgIpc) is 3.12. The molecule has 3 amide bonds. The maximum Gasteiger partial charge on any atom is 0.314 e. The number of nitrogens with one attached hydrogen (secondary N) is 3. The number of carbonyl (C=O) groups is 2. The van der Waals surface area contributed by atoms with Crippen molar-refractivity contribution in [3.63, 3.8) is 0 Å². The predicted octanol–water partition coefficient (Wildman–Crippen LogP) is 1.70. The van der Waals surface area contributed by atoms with Crippen LogP contribution in [0.5, 0.6) is 5.75 Å². The first-order chi connectivity index (χ1) is 11.6. The molecule has 0 saturated carbocycles. The van der Waals surface area contributed by atoms with E-state index in [1.54, 1.807) is 12.1 Å². The van der Waals surface area contributed by atoms with Gasteiger partial charge in [-0.1, -0.05) is 17.7 Å². The second kappa shape index (κ2) is 9.24. The second-order valence-electron chi connectivity index (χ2n) is 5.08. The summed E-state index contributed by atoms with van der Waals surface area (Å²) in [5.41, 5.74) is 1.17. The van der Waals surface area contributed by atoms with E-state index in [-0.39, 0.29) is 17.7 Å². The molecule has 0 aliphatic heterocycles. The summed E-state index contributed by atoms with van der Waals surface area (Å²) < 4.78 is 10.5. The number of furan rings is 1. The zero-order chi connectivity index (χ0) is 17.2. The quantitative estimate of drug-likeness (QED) is 0.642. The molecule has 7 nitrogen and oxygen atoms in total. The molecule has 0 unspecified atom stereocenters. The van der Waals surface area contributed by atoms with Crippen molar-refractivity contribution in [2.75, 3.05) is 26.2 Å². The number of aryl methyl sites for hydroxylation is 1. The van der Waals surface area contributed by atoms with Gasteiger partial charge in [-0.15, -0.1) is 0 Å². The summed E-state index contributed by atoms with van der Waals surface area (Å²) in [7, 11) is 0. The Bertz CT molecular complexity index is 638. The number of carbonyl (C=O) groups excluding carboxylic acids is 2. The largest absolute Gasteiger partial charge is 0.492 e. The summed E-state index contributed by atoms with van der Waals surface area (Å²) in [6, 6.07) is 10.6. The fourth-order valence-corrected chi connectivity index (χ4v) is 1.88. The van der Waals surface area contributed by atoms with Crippen LogP contribution < -0.4 is 20.7 Å². The van der Waals surface area contributed by atoms with Crippen molar-refractivity contribution in [3.05, 3.63) is 54.0 Å². The molecule has 0 bridgehead atoms. The first-order valence-electron chi connectivity index (χ1n) is 7.68. The molecule has 0 saturated heterocycles. The van der Waals surface area contributed by atoms with Gasteiger partial charge in [0.25, 0.3) is 5.91 Å². The van der Waals surface area contributed by atoms with E-state index in [1.807, 2.05) is 31.2 Å². The lowest BCUT2D eigenvalue weighted by Gasteiger charge is -2.09. The number of benzene rings is 1. The van der Waals surface area contributed by atoms with Crippen LogP contribution in [0.15, 0.2) is 47.1 Å². The van der Waals surface area contributed by atoms with Crippen LogP contribution in [0.25, 0.3) is 0 Å². The highest BCUT2D eigenvalue weighted by Gasteiger charge is 2.07. The highest BCUT2D eigenvalue weighted by atomic mass is 16.5. The summed E-state index contributed by atoms with van der Waals surface area (Å²) in [4.78, 5) is 23.1. The highest BCUT2D eigenvalue weighted by molar-refractivity contribution is 5.91. The van der Waals surface area contributed by atoms with Gasteiger partial charge in [0.15, 0.2) is 5.76 Å². The highest BCUT2D eigenvalue weighted by Crippen LogP contribution is 2.10. The van der Waals surface area contributed by atoms with Gasteiger partial charge in [0.1, 0.15) is 12.4 Å². The minimum Gasteiger partial charge on any atom is -0.492 e. The Kier molecular flexibility index (Phi) is 6.70. The van der Waals surface area contributed by atoms with Crippen molar-refractivity contribution < 1.29 is 18.7 Å². The molecule has 1 aromatic carbocycles. The number of urea groups is 1. The molecule has 0 aliphatic carbocycles. The maximum atomic E-state index is 11.6. The molecule has 3 N–H and O–H groups in total. The van der Waals surface area contributed by atoms with Crippen molar-refractivity contribution in [2.45, 2.75) is 6.92 Å². The number of amides is 3. The average molecular weight is 331 g/mol. The number of ether oxygens (including phenoxy) is 1. The third-order valence-electron chi connectivity index (χ3n) is 3.12. The summed E-state index contributed by atoms with van der Waals surface area (Å²) in [5.74, 6) is 0.699. The lowest BCUT2D eigenvalue weighted by atomic mass is 10.2. The van der Waals surface area contributed by atoms with E-state index in [0.29, 0.717) is 26.2 Å². The van der Waals surface area contributed by atoms with Crippen LogP contribution >= 0.6 is 0 Å². The summed E-state index contributed by atoms with van der Waals surface area (Å²) in [6.45, 7) is 3.40. The Morgan fingerprint density at radius 1 is 1.00 bits per heavy atom. The third kappa shape index (κ3) is 6.04. The van der Waals surface area contributed by atoms with Crippen molar-refractivity contribution in [3.8, 4) is 5.75 Å². The van der Waals surface area contributed by atoms with Gasteiger partial charge < -0.3 is 25.1 Å². The van der Waals surface area contributed by atoms with Crippen LogP contribution in [0.1, 0.15) is 16.1 Å². The Balaban J connectivity index is 1.50. The van der Waals surface area contributed by atoms with E-state index >= 15 is 0 Å². The number of hydrogen-bond donors (Lipinski definition) is 3. The van der Waals surface area contributed by atoms with Gasteiger partial charge in [-0.05, 0) is 31.2 Å². The van der Waals surface area contributed by atoms with Gasteiger partial charge in [-0.2, -0.15) is 0 Å². The summed E-state index contributed by atoms with van der Waals surface area (Å²) in [5, 5.41) is 7.95. The molecule has 0 aliphatic rings. The Morgan fingerprint density at radius 3 is 2.42 bits per heavy atom. The lowest BCUT2D eigenvalue weighted by Crippen LogP contribution is -2.41. The van der Waals surface area contributed by atoms with E-state index in [0.717, 1.165) is 5.75 Å². The van der Waals surface area contributed by atoms with Gasteiger partial charge >= 0.3 is 6.03 Å². The fourth-order valence-electron chi connectivity index (χ4n) is 1.88. The van der Waals surface area contributed by atoms with Crippen LogP contribution in [-0.4, -0.2) is 38.2 Å². The predicted molar refractivity (Wildman–Crippen MR) is 89.1 cm³/mol. The molecule has 1 aromatic heterocycles. The Morgan fingerprint density at radius 2 is 1.71 bits per heavy atom. The van der Waals surface area contributed by atoms with Crippen molar-refractivity contribution in [1.82, 2.24) is 16.0 Å². The summed E-state index contributed by atoms with van der Waals surface area (Å²) >= 11 is 0. The van der Waals surface area contributed by atoms with E-state index < -0.39 is 0 Å². The molecule has 0 radical (unpaired) electrons. The smallest absolute Gasteiger partial charge is 0.314 e. The molecule has 24 heavy (non-hydrogen) atoms. The first-order valence-corrected chi connectivity index (χ1v) is 7.68. The van der Waals surface area contributed by atoms with Crippen LogP contribution in [0.2, 0.25) is 0 Å². The molecular formula is C17H21N3O4. The Labute approximate surface area is 140 Å². The number of hydrogen-bond acceptors (Lipinski definition) is 4. The topological polar surface area (TPSA) is 92.6 Å². The summed E-state index contributed by atoms with van der Waals surface area (Å²) in [6.07, 6.45) is 1.43.